The maximum absolute atomic E-state index is 13.0. The topological polar surface area (TPSA) is 115 Å². The van der Waals surface area contributed by atoms with Gasteiger partial charge in [0.1, 0.15) is 0 Å². The molecule has 0 heterocycles. The molecular weight excluding hydrogens is 422 g/mol. The SMILES string of the molecule is O=C(NC1CCCc2c1ccc1c2ccc2ccccc21)c1cc([N+](=O)[O-])cc([N+](=O)[O-])c1. The molecule has 33 heavy (non-hydrogen) atoms. The zero-order valence-electron chi connectivity index (χ0n) is 17.5. The average Bonchev–Trinajstić information content (AvgIpc) is 2.83. The van der Waals surface area contributed by atoms with Gasteiger partial charge < -0.3 is 5.32 Å². The minimum Gasteiger partial charge on any atom is -0.345 e. The average molecular weight is 441 g/mol. The highest BCUT2D eigenvalue weighted by Crippen LogP contribution is 2.37. The molecule has 0 saturated carbocycles. The Kier molecular flexibility index (Phi) is 4.97. The number of benzene rings is 4. The standard InChI is InChI=1S/C25H19N3O5/c29-25(16-12-17(27(30)31)14-18(13-16)28(32)33)26-24-7-3-6-20-22-9-8-15-4-1-2-5-19(15)21(22)10-11-23(20)24/h1-2,4-5,8-14,24H,3,6-7H2,(H,26,29). The van der Waals surface area contributed by atoms with Gasteiger partial charge in [0.15, 0.2) is 0 Å². The lowest BCUT2D eigenvalue weighted by Crippen LogP contribution is -2.31. The minimum atomic E-state index is -0.740. The monoisotopic (exact) mass is 441 g/mol. The van der Waals surface area contributed by atoms with Crippen molar-refractivity contribution in [3.63, 3.8) is 0 Å². The molecule has 8 heteroatoms. The second-order valence-corrected chi connectivity index (χ2v) is 8.19. The second kappa shape index (κ2) is 7.98. The Morgan fingerprint density at radius 1 is 0.848 bits per heavy atom. The number of carbonyl (C=O) groups is 1. The maximum Gasteiger partial charge on any atom is 0.277 e. The zero-order valence-corrected chi connectivity index (χ0v) is 17.5. The molecule has 0 radical (unpaired) electrons. The number of nitro groups is 2. The number of aryl methyl sites for hydroxylation is 1. The van der Waals surface area contributed by atoms with E-state index in [0.29, 0.717) is 0 Å². The molecule has 0 aliphatic heterocycles. The van der Waals surface area contributed by atoms with Crippen molar-refractivity contribution < 1.29 is 14.6 Å². The van der Waals surface area contributed by atoms with Crippen molar-refractivity contribution in [1.82, 2.24) is 5.32 Å². The van der Waals surface area contributed by atoms with Gasteiger partial charge in [0.2, 0.25) is 0 Å². The first kappa shape index (κ1) is 20.6. The molecule has 4 aromatic rings. The molecular formula is C25H19N3O5. The number of nitro benzene ring substituents is 2. The molecule has 1 aliphatic rings. The van der Waals surface area contributed by atoms with Crippen molar-refractivity contribution >= 4 is 38.8 Å². The van der Waals surface area contributed by atoms with E-state index < -0.39 is 27.1 Å². The molecule has 0 aromatic heterocycles. The van der Waals surface area contributed by atoms with E-state index in [-0.39, 0.29) is 11.6 Å². The van der Waals surface area contributed by atoms with Crippen LogP contribution >= 0.6 is 0 Å². The van der Waals surface area contributed by atoms with Crippen molar-refractivity contribution in [2.24, 2.45) is 0 Å². The summed E-state index contributed by atoms with van der Waals surface area (Å²) < 4.78 is 0. The fraction of sp³-hybridized carbons (Fsp3) is 0.160. The molecule has 0 fully saturated rings. The molecule has 1 atom stereocenters. The Labute approximate surface area is 188 Å². The number of nitrogens with zero attached hydrogens (tertiary/aromatic N) is 2. The highest BCUT2D eigenvalue weighted by molar-refractivity contribution is 6.08. The van der Waals surface area contributed by atoms with Crippen LogP contribution in [0.5, 0.6) is 0 Å². The smallest absolute Gasteiger partial charge is 0.277 e. The molecule has 4 aromatic carbocycles. The first-order valence-corrected chi connectivity index (χ1v) is 10.6. The fourth-order valence-corrected chi connectivity index (χ4v) is 4.74. The number of hydrogen-bond donors (Lipinski definition) is 1. The Hall–Kier alpha value is -4.33. The molecule has 0 spiro atoms. The Morgan fingerprint density at radius 3 is 2.27 bits per heavy atom. The van der Waals surface area contributed by atoms with Crippen LogP contribution in [0.15, 0.2) is 66.7 Å². The van der Waals surface area contributed by atoms with E-state index in [4.69, 9.17) is 0 Å². The molecule has 164 valence electrons. The third-order valence-electron chi connectivity index (χ3n) is 6.26. The van der Waals surface area contributed by atoms with Crippen LogP contribution in [0.3, 0.4) is 0 Å². The lowest BCUT2D eigenvalue weighted by Gasteiger charge is -2.28. The van der Waals surface area contributed by atoms with Crippen molar-refractivity contribution in [1.29, 1.82) is 0 Å². The Morgan fingerprint density at radius 2 is 1.55 bits per heavy atom. The van der Waals surface area contributed by atoms with E-state index in [0.717, 1.165) is 59.2 Å². The normalized spacial score (nSPS) is 15.2. The van der Waals surface area contributed by atoms with Gasteiger partial charge in [-0.3, -0.25) is 25.0 Å². The van der Waals surface area contributed by atoms with Crippen LogP contribution in [0, 0.1) is 20.2 Å². The summed E-state index contributed by atoms with van der Waals surface area (Å²) in [4.78, 5) is 33.8. The summed E-state index contributed by atoms with van der Waals surface area (Å²) in [6, 6.07) is 19.2. The first-order chi connectivity index (χ1) is 15.9. The van der Waals surface area contributed by atoms with E-state index in [1.165, 1.54) is 10.9 Å². The van der Waals surface area contributed by atoms with E-state index in [2.05, 4.69) is 35.6 Å². The molecule has 1 unspecified atom stereocenters. The van der Waals surface area contributed by atoms with Crippen molar-refractivity contribution in [2.45, 2.75) is 25.3 Å². The molecule has 5 rings (SSSR count). The van der Waals surface area contributed by atoms with E-state index >= 15 is 0 Å². The molecule has 0 bridgehead atoms. The summed E-state index contributed by atoms with van der Waals surface area (Å²) in [5, 5.41) is 29.9. The van der Waals surface area contributed by atoms with E-state index in [9.17, 15) is 25.0 Å². The van der Waals surface area contributed by atoms with Gasteiger partial charge in [-0.25, -0.2) is 0 Å². The number of fused-ring (bicyclic) bond motifs is 5. The minimum absolute atomic E-state index is 0.102. The van der Waals surface area contributed by atoms with Gasteiger partial charge in [0.05, 0.1) is 27.5 Å². The van der Waals surface area contributed by atoms with Gasteiger partial charge in [0.25, 0.3) is 17.3 Å². The van der Waals surface area contributed by atoms with Crippen LogP contribution < -0.4 is 5.32 Å². The number of rotatable bonds is 4. The van der Waals surface area contributed by atoms with E-state index in [1.807, 2.05) is 18.2 Å². The highest BCUT2D eigenvalue weighted by Gasteiger charge is 2.26. The fourth-order valence-electron chi connectivity index (χ4n) is 4.74. The predicted octanol–water partition coefficient (Wildman–Crippen LogP) is 5.62. The number of carbonyl (C=O) groups excluding carboxylic acids is 1. The van der Waals surface area contributed by atoms with Gasteiger partial charge in [-0.1, -0.05) is 48.5 Å². The van der Waals surface area contributed by atoms with Gasteiger partial charge in [-0.15, -0.1) is 0 Å². The summed E-state index contributed by atoms with van der Waals surface area (Å²) in [6.45, 7) is 0. The van der Waals surface area contributed by atoms with Crippen LogP contribution in [-0.4, -0.2) is 15.8 Å². The van der Waals surface area contributed by atoms with Crippen LogP contribution in [0.2, 0.25) is 0 Å². The largest absolute Gasteiger partial charge is 0.345 e. The van der Waals surface area contributed by atoms with Crippen molar-refractivity contribution in [2.75, 3.05) is 0 Å². The summed E-state index contributed by atoms with van der Waals surface area (Å²) in [7, 11) is 0. The van der Waals surface area contributed by atoms with Crippen molar-refractivity contribution in [3.05, 3.63) is 104 Å². The zero-order chi connectivity index (χ0) is 23.1. The molecule has 0 saturated heterocycles. The van der Waals surface area contributed by atoms with Crippen molar-refractivity contribution in [3.8, 4) is 0 Å². The molecule has 8 nitrogen and oxygen atoms in total. The highest BCUT2D eigenvalue weighted by atomic mass is 16.6. The van der Waals surface area contributed by atoms with Gasteiger partial charge in [-0.2, -0.15) is 0 Å². The first-order valence-electron chi connectivity index (χ1n) is 10.6. The number of nitrogens with one attached hydrogen (secondary N) is 1. The predicted molar refractivity (Wildman–Crippen MR) is 124 cm³/mol. The summed E-state index contributed by atoms with van der Waals surface area (Å²) in [5.41, 5.74) is 1.11. The van der Waals surface area contributed by atoms with Gasteiger partial charge >= 0.3 is 0 Å². The summed E-state index contributed by atoms with van der Waals surface area (Å²) >= 11 is 0. The van der Waals surface area contributed by atoms with Crippen LogP contribution in [0.25, 0.3) is 21.5 Å². The number of amides is 1. The third kappa shape index (κ3) is 3.65. The lowest BCUT2D eigenvalue weighted by atomic mass is 9.83. The number of non-ortho nitro benzene ring substituents is 2. The Bertz CT molecular complexity index is 1430. The van der Waals surface area contributed by atoms with Crippen LogP contribution in [0.4, 0.5) is 11.4 Å². The summed E-state index contributed by atoms with van der Waals surface area (Å²) in [5.74, 6) is -0.571. The molecule has 1 amide bonds. The van der Waals surface area contributed by atoms with E-state index in [1.54, 1.807) is 0 Å². The van der Waals surface area contributed by atoms with Crippen LogP contribution in [-0.2, 0) is 6.42 Å². The van der Waals surface area contributed by atoms with Gasteiger partial charge in [0, 0.05) is 12.1 Å². The van der Waals surface area contributed by atoms with Gasteiger partial charge in [-0.05, 0) is 51.9 Å². The quantitative estimate of drug-likeness (QED) is 0.251. The number of hydrogen-bond acceptors (Lipinski definition) is 5. The third-order valence-corrected chi connectivity index (χ3v) is 6.26. The lowest BCUT2D eigenvalue weighted by molar-refractivity contribution is -0.394. The molecule has 1 aliphatic carbocycles. The van der Waals surface area contributed by atoms with Crippen LogP contribution in [0.1, 0.15) is 40.4 Å². The summed E-state index contributed by atoms with van der Waals surface area (Å²) in [6.07, 6.45) is 2.48. The Balaban J connectivity index is 1.52. The molecule has 1 N–H and O–H groups in total. The maximum atomic E-state index is 13.0. The second-order valence-electron chi connectivity index (χ2n) is 8.19.